The fraction of sp³-hybridized carbons (Fsp3) is 0.250. The third-order valence-electron chi connectivity index (χ3n) is 4.08. The monoisotopic (exact) mass is 348 g/mol. The van der Waals surface area contributed by atoms with Crippen molar-refractivity contribution in [2.75, 3.05) is 5.75 Å². The highest BCUT2D eigenvalue weighted by Gasteiger charge is 2.15. The number of aromatic nitrogens is 4. The van der Waals surface area contributed by atoms with Gasteiger partial charge >= 0.3 is 0 Å². The van der Waals surface area contributed by atoms with Crippen molar-refractivity contribution < 1.29 is 0 Å². The average molecular weight is 348 g/mol. The van der Waals surface area contributed by atoms with E-state index in [1.165, 1.54) is 5.56 Å². The van der Waals surface area contributed by atoms with Gasteiger partial charge in [-0.15, -0.1) is 10.2 Å². The number of fused-ring (bicyclic) bond motifs is 3. The van der Waals surface area contributed by atoms with Crippen molar-refractivity contribution in [3.05, 3.63) is 60.2 Å². The Morgan fingerprint density at radius 1 is 0.960 bits per heavy atom. The van der Waals surface area contributed by atoms with Crippen LogP contribution in [0.25, 0.3) is 22.1 Å². The van der Waals surface area contributed by atoms with Crippen LogP contribution in [-0.4, -0.2) is 25.5 Å². The minimum absolute atomic E-state index is 0.597. The Bertz CT molecular complexity index is 1010. The summed E-state index contributed by atoms with van der Waals surface area (Å²) in [6.45, 7) is 5.18. The maximum absolute atomic E-state index is 4.83. The normalized spacial score (nSPS) is 11.6. The SMILES string of the molecule is CC(C)CSc1nnc2c3ccccc3n(Cc3ccccc3)c2n1. The molecule has 2 heterocycles. The fourth-order valence-corrected chi connectivity index (χ4v) is 3.65. The van der Waals surface area contributed by atoms with E-state index in [-0.39, 0.29) is 0 Å². The van der Waals surface area contributed by atoms with Crippen molar-refractivity contribution in [3.8, 4) is 0 Å². The molecule has 0 radical (unpaired) electrons. The first-order valence-electron chi connectivity index (χ1n) is 8.51. The lowest BCUT2D eigenvalue weighted by atomic mass is 10.2. The molecular weight excluding hydrogens is 328 g/mol. The molecule has 0 spiro atoms. The van der Waals surface area contributed by atoms with Crippen LogP contribution in [0.4, 0.5) is 0 Å². The number of para-hydroxylation sites is 1. The minimum atomic E-state index is 0.597. The lowest BCUT2D eigenvalue weighted by Gasteiger charge is -2.07. The molecule has 0 bridgehead atoms. The van der Waals surface area contributed by atoms with Gasteiger partial charge in [-0.3, -0.25) is 0 Å². The highest BCUT2D eigenvalue weighted by Crippen LogP contribution is 2.28. The van der Waals surface area contributed by atoms with Crippen LogP contribution in [0.5, 0.6) is 0 Å². The number of benzene rings is 2. The molecule has 0 unspecified atom stereocenters. The fourth-order valence-electron chi connectivity index (χ4n) is 2.92. The summed E-state index contributed by atoms with van der Waals surface area (Å²) in [4.78, 5) is 4.83. The largest absolute Gasteiger partial charge is 0.319 e. The molecule has 5 heteroatoms. The maximum Gasteiger partial charge on any atom is 0.211 e. The smallest absolute Gasteiger partial charge is 0.211 e. The van der Waals surface area contributed by atoms with E-state index >= 15 is 0 Å². The van der Waals surface area contributed by atoms with E-state index in [9.17, 15) is 0 Å². The van der Waals surface area contributed by atoms with Crippen molar-refractivity contribution in [2.24, 2.45) is 5.92 Å². The summed E-state index contributed by atoms with van der Waals surface area (Å²) in [5.41, 5.74) is 4.18. The van der Waals surface area contributed by atoms with Crippen LogP contribution in [0.1, 0.15) is 19.4 Å². The van der Waals surface area contributed by atoms with Gasteiger partial charge in [-0.25, -0.2) is 4.98 Å². The van der Waals surface area contributed by atoms with Crippen molar-refractivity contribution in [1.82, 2.24) is 19.7 Å². The van der Waals surface area contributed by atoms with Crippen LogP contribution in [0.15, 0.2) is 59.8 Å². The van der Waals surface area contributed by atoms with Gasteiger partial charge in [0.15, 0.2) is 5.65 Å². The first-order chi connectivity index (χ1) is 12.2. The Labute approximate surface area is 151 Å². The van der Waals surface area contributed by atoms with E-state index in [1.807, 2.05) is 12.1 Å². The molecule has 4 aromatic rings. The van der Waals surface area contributed by atoms with Gasteiger partial charge < -0.3 is 4.57 Å². The van der Waals surface area contributed by atoms with Crippen molar-refractivity contribution in [2.45, 2.75) is 25.5 Å². The Balaban J connectivity index is 1.85. The molecule has 0 fully saturated rings. The summed E-state index contributed by atoms with van der Waals surface area (Å²) >= 11 is 1.67. The van der Waals surface area contributed by atoms with E-state index < -0.39 is 0 Å². The Kier molecular flexibility index (Phi) is 4.40. The van der Waals surface area contributed by atoms with Crippen molar-refractivity contribution in [3.63, 3.8) is 0 Å². The average Bonchev–Trinajstić information content (AvgIpc) is 2.94. The second kappa shape index (κ2) is 6.84. The van der Waals surface area contributed by atoms with Gasteiger partial charge in [0.2, 0.25) is 5.16 Å². The van der Waals surface area contributed by atoms with E-state index in [4.69, 9.17) is 4.98 Å². The van der Waals surface area contributed by atoms with Gasteiger partial charge in [-0.05, 0) is 17.5 Å². The molecule has 4 rings (SSSR count). The molecule has 4 nitrogen and oxygen atoms in total. The van der Waals surface area contributed by atoms with Crippen LogP contribution in [0, 0.1) is 5.92 Å². The summed E-state index contributed by atoms with van der Waals surface area (Å²) in [6, 6.07) is 18.8. The molecule has 2 aromatic heterocycles. The van der Waals surface area contributed by atoms with Crippen LogP contribution in [-0.2, 0) is 6.54 Å². The predicted molar refractivity (Wildman–Crippen MR) is 104 cm³/mol. The standard InChI is InChI=1S/C20H20N4S/c1-14(2)13-25-20-21-19-18(22-23-20)16-10-6-7-11-17(16)24(19)12-15-8-4-3-5-9-15/h3-11,14H,12-13H2,1-2H3. The maximum atomic E-state index is 4.83. The number of nitrogens with zero attached hydrogens (tertiary/aromatic N) is 4. The Morgan fingerprint density at radius 3 is 2.52 bits per heavy atom. The molecule has 0 saturated heterocycles. The molecule has 126 valence electrons. The highest BCUT2D eigenvalue weighted by molar-refractivity contribution is 7.99. The summed E-state index contributed by atoms with van der Waals surface area (Å²) < 4.78 is 2.24. The third-order valence-corrected chi connectivity index (χ3v) is 5.35. The molecule has 0 atom stereocenters. The van der Waals surface area contributed by atoms with Gasteiger partial charge in [-0.2, -0.15) is 0 Å². The van der Waals surface area contributed by atoms with Gasteiger partial charge in [0, 0.05) is 17.7 Å². The summed E-state index contributed by atoms with van der Waals surface area (Å²) in [7, 11) is 0. The second-order valence-corrected chi connectivity index (χ2v) is 7.55. The molecule has 0 aliphatic rings. The molecule has 25 heavy (non-hydrogen) atoms. The first-order valence-corrected chi connectivity index (χ1v) is 9.49. The Hall–Kier alpha value is -2.40. The molecule has 0 aliphatic heterocycles. The van der Waals surface area contributed by atoms with Gasteiger partial charge in [-0.1, -0.05) is 74.1 Å². The van der Waals surface area contributed by atoms with E-state index in [0.717, 1.165) is 39.5 Å². The zero-order valence-corrected chi connectivity index (χ0v) is 15.2. The van der Waals surface area contributed by atoms with Crippen LogP contribution < -0.4 is 0 Å². The zero-order valence-electron chi connectivity index (χ0n) is 14.4. The van der Waals surface area contributed by atoms with Gasteiger partial charge in [0.25, 0.3) is 0 Å². The van der Waals surface area contributed by atoms with Crippen LogP contribution in [0.3, 0.4) is 0 Å². The topological polar surface area (TPSA) is 43.6 Å². The lowest BCUT2D eigenvalue weighted by Crippen LogP contribution is -2.02. The molecule has 0 saturated carbocycles. The molecule has 0 aliphatic carbocycles. The van der Waals surface area contributed by atoms with Crippen LogP contribution in [0.2, 0.25) is 0 Å². The highest BCUT2D eigenvalue weighted by atomic mass is 32.2. The minimum Gasteiger partial charge on any atom is -0.319 e. The van der Waals surface area contributed by atoms with Gasteiger partial charge in [0.05, 0.1) is 5.52 Å². The van der Waals surface area contributed by atoms with Crippen molar-refractivity contribution in [1.29, 1.82) is 0 Å². The molecule has 0 amide bonds. The summed E-state index contributed by atoms with van der Waals surface area (Å²) in [6.07, 6.45) is 0. The second-order valence-electron chi connectivity index (χ2n) is 6.56. The third kappa shape index (κ3) is 3.24. The zero-order chi connectivity index (χ0) is 17.2. The predicted octanol–water partition coefficient (Wildman–Crippen LogP) is 4.78. The van der Waals surface area contributed by atoms with E-state index in [2.05, 4.69) is 71.1 Å². The molecule has 0 N–H and O–H groups in total. The number of hydrogen-bond acceptors (Lipinski definition) is 4. The van der Waals surface area contributed by atoms with Crippen molar-refractivity contribution >= 4 is 33.8 Å². The quantitative estimate of drug-likeness (QED) is 0.487. The lowest BCUT2D eigenvalue weighted by molar-refractivity contribution is 0.745. The first kappa shape index (κ1) is 16.1. The number of rotatable bonds is 5. The Morgan fingerprint density at radius 2 is 1.72 bits per heavy atom. The number of thioether (sulfide) groups is 1. The van der Waals surface area contributed by atoms with Gasteiger partial charge in [0.1, 0.15) is 5.52 Å². The number of hydrogen-bond donors (Lipinski definition) is 0. The molecular formula is C20H20N4S. The molecule has 2 aromatic carbocycles. The van der Waals surface area contributed by atoms with Crippen LogP contribution >= 0.6 is 11.8 Å². The summed E-state index contributed by atoms with van der Waals surface area (Å²) in [5.74, 6) is 1.59. The summed E-state index contributed by atoms with van der Waals surface area (Å²) in [5, 5.41) is 10.7. The van der Waals surface area contributed by atoms with E-state index in [1.54, 1.807) is 11.8 Å². The van der Waals surface area contributed by atoms with E-state index in [0.29, 0.717) is 5.92 Å².